The van der Waals surface area contributed by atoms with E-state index in [9.17, 15) is 9.59 Å². The van der Waals surface area contributed by atoms with Crippen molar-refractivity contribution in [1.82, 2.24) is 9.97 Å². The number of amides is 2. The Morgan fingerprint density at radius 1 is 1.00 bits per heavy atom. The third-order valence-corrected chi connectivity index (χ3v) is 2.91. The van der Waals surface area contributed by atoms with Crippen LogP contribution in [0.2, 0.25) is 0 Å². The zero-order chi connectivity index (χ0) is 17.2. The number of nitrogens with two attached hydrogens (primary N) is 2. The second-order valence-electron chi connectivity index (χ2n) is 4.52. The number of nitrogens with zero attached hydrogens (tertiary/aromatic N) is 2. The zero-order valence-electron chi connectivity index (χ0n) is 12.2. The Morgan fingerprint density at radius 2 is 1.52 bits per heavy atom. The fourth-order valence-electron chi connectivity index (χ4n) is 1.62. The van der Waals surface area contributed by atoms with E-state index in [-0.39, 0.29) is 24.7 Å². The summed E-state index contributed by atoms with van der Waals surface area (Å²) in [6, 6.07) is 3.54. The summed E-state index contributed by atoms with van der Waals surface area (Å²) in [7, 11) is 0. The van der Waals surface area contributed by atoms with Gasteiger partial charge in [-0.25, -0.2) is 0 Å². The monoisotopic (exact) mass is 374 g/mol. The van der Waals surface area contributed by atoms with Crippen LogP contribution in [0.15, 0.2) is 41.4 Å². The summed E-state index contributed by atoms with van der Waals surface area (Å²) in [5.41, 5.74) is 12.2. The van der Waals surface area contributed by atoms with E-state index < -0.39 is 0 Å². The highest BCUT2D eigenvalue weighted by atomic mass is 79.9. The Hall–Kier alpha value is -2.72. The summed E-state index contributed by atoms with van der Waals surface area (Å²) < 4.78 is 0.858. The van der Waals surface area contributed by atoms with Crippen LogP contribution >= 0.6 is 15.9 Å². The molecule has 2 aromatic heterocycles. The van der Waals surface area contributed by atoms with E-state index in [0.29, 0.717) is 5.56 Å². The quantitative estimate of drug-likeness (QED) is 0.776. The van der Waals surface area contributed by atoms with Crippen LogP contribution in [-0.2, 0) is 22.4 Å². The van der Waals surface area contributed by atoms with E-state index in [2.05, 4.69) is 31.8 Å². The molecule has 2 amide bonds. The highest BCUT2D eigenvalue weighted by Crippen LogP contribution is 2.09. The lowest BCUT2D eigenvalue weighted by atomic mass is 10.1. The van der Waals surface area contributed by atoms with Gasteiger partial charge in [0.15, 0.2) is 0 Å². The molecule has 0 aliphatic rings. The van der Waals surface area contributed by atoms with Gasteiger partial charge in [0, 0.05) is 34.8 Å². The Balaban J connectivity index is 0.000000231. The SMILES string of the molecule is C#Cc1cncc(CC(N)=O)c1.NC(=O)Cc1cncc(Br)c1. The van der Waals surface area contributed by atoms with Crippen LogP contribution in [0.4, 0.5) is 0 Å². The maximum atomic E-state index is 10.5. The molecule has 0 aliphatic heterocycles. The first kappa shape index (κ1) is 18.3. The number of aromatic nitrogens is 2. The molecule has 2 heterocycles. The largest absolute Gasteiger partial charge is 0.369 e. The van der Waals surface area contributed by atoms with Gasteiger partial charge in [0.1, 0.15) is 0 Å². The number of carbonyl (C=O) groups is 2. The number of hydrogen-bond acceptors (Lipinski definition) is 4. The van der Waals surface area contributed by atoms with Gasteiger partial charge in [-0.3, -0.25) is 19.6 Å². The van der Waals surface area contributed by atoms with E-state index >= 15 is 0 Å². The number of terminal acetylenes is 1. The molecule has 4 N–H and O–H groups in total. The minimum atomic E-state index is -0.383. The van der Waals surface area contributed by atoms with Crippen LogP contribution in [0.5, 0.6) is 0 Å². The normalized spacial score (nSPS) is 9.22. The first-order chi connectivity index (χ1) is 10.9. The van der Waals surface area contributed by atoms with Crippen LogP contribution in [0, 0.1) is 12.3 Å². The van der Waals surface area contributed by atoms with Crippen LogP contribution in [0.25, 0.3) is 0 Å². The second kappa shape index (κ2) is 9.33. The van der Waals surface area contributed by atoms with Crippen LogP contribution < -0.4 is 11.5 Å². The molecule has 2 rings (SSSR count). The summed E-state index contributed by atoms with van der Waals surface area (Å²) in [5, 5.41) is 0. The molecule has 23 heavy (non-hydrogen) atoms. The van der Waals surface area contributed by atoms with Crippen LogP contribution in [0.3, 0.4) is 0 Å². The van der Waals surface area contributed by atoms with E-state index in [1.807, 2.05) is 6.07 Å². The van der Waals surface area contributed by atoms with E-state index in [1.165, 1.54) is 0 Å². The number of carbonyl (C=O) groups excluding carboxylic acids is 2. The van der Waals surface area contributed by atoms with Gasteiger partial charge in [-0.2, -0.15) is 0 Å². The highest BCUT2D eigenvalue weighted by Gasteiger charge is 1.99. The third kappa shape index (κ3) is 7.74. The molecule has 0 fully saturated rings. The lowest BCUT2D eigenvalue weighted by Crippen LogP contribution is -2.13. The van der Waals surface area contributed by atoms with Crippen molar-refractivity contribution in [3.63, 3.8) is 0 Å². The molecule has 2 aromatic rings. The molecule has 0 saturated heterocycles. The third-order valence-electron chi connectivity index (χ3n) is 2.48. The number of primary amides is 2. The molecule has 0 atom stereocenters. The van der Waals surface area contributed by atoms with Crippen molar-refractivity contribution in [3.05, 3.63) is 58.1 Å². The first-order valence-corrected chi connectivity index (χ1v) is 7.26. The Bertz CT molecular complexity index is 741. The molecule has 0 aromatic carbocycles. The fourth-order valence-corrected chi connectivity index (χ4v) is 2.03. The molecule has 118 valence electrons. The predicted octanol–water partition coefficient (Wildman–Crippen LogP) is 0.963. The Kier molecular flexibility index (Phi) is 7.43. The fraction of sp³-hybridized carbons (Fsp3) is 0.125. The minimum Gasteiger partial charge on any atom is -0.369 e. The topological polar surface area (TPSA) is 112 Å². The van der Waals surface area contributed by atoms with E-state index in [4.69, 9.17) is 17.9 Å². The lowest BCUT2D eigenvalue weighted by Gasteiger charge is -1.96. The van der Waals surface area contributed by atoms with Crippen molar-refractivity contribution < 1.29 is 9.59 Å². The maximum absolute atomic E-state index is 10.5. The van der Waals surface area contributed by atoms with Gasteiger partial charge in [-0.15, -0.1) is 6.42 Å². The second-order valence-corrected chi connectivity index (χ2v) is 5.44. The molecule has 7 heteroatoms. The number of pyridine rings is 2. The molecule has 0 unspecified atom stereocenters. The summed E-state index contributed by atoms with van der Waals surface area (Å²) in [6.07, 6.45) is 12.0. The molecule has 0 radical (unpaired) electrons. The van der Waals surface area contributed by atoms with Gasteiger partial charge in [0.25, 0.3) is 0 Å². The molecule has 0 aliphatic carbocycles. The Labute approximate surface area is 142 Å². The number of rotatable bonds is 4. The smallest absolute Gasteiger partial charge is 0.221 e. The van der Waals surface area contributed by atoms with Crippen molar-refractivity contribution >= 4 is 27.7 Å². The predicted molar refractivity (Wildman–Crippen MR) is 89.9 cm³/mol. The lowest BCUT2D eigenvalue weighted by molar-refractivity contribution is -0.118. The van der Waals surface area contributed by atoms with Crippen molar-refractivity contribution in [1.29, 1.82) is 0 Å². The molecule has 0 spiro atoms. The summed E-state index contributed by atoms with van der Waals surface area (Å²) in [6.45, 7) is 0. The summed E-state index contributed by atoms with van der Waals surface area (Å²) >= 11 is 3.24. The average molecular weight is 375 g/mol. The van der Waals surface area contributed by atoms with Gasteiger partial charge < -0.3 is 11.5 Å². The summed E-state index contributed by atoms with van der Waals surface area (Å²) in [5.74, 6) is 1.70. The van der Waals surface area contributed by atoms with Crippen LogP contribution in [-0.4, -0.2) is 21.8 Å². The van der Waals surface area contributed by atoms with Crippen LogP contribution in [0.1, 0.15) is 16.7 Å². The molecular formula is C16H15BrN4O2. The van der Waals surface area contributed by atoms with Gasteiger partial charge in [-0.1, -0.05) is 5.92 Å². The molecular weight excluding hydrogens is 360 g/mol. The van der Waals surface area contributed by atoms with Gasteiger partial charge in [0.05, 0.1) is 12.8 Å². The van der Waals surface area contributed by atoms with Gasteiger partial charge >= 0.3 is 0 Å². The van der Waals surface area contributed by atoms with E-state index in [1.54, 1.807) is 30.9 Å². The highest BCUT2D eigenvalue weighted by molar-refractivity contribution is 9.10. The Morgan fingerprint density at radius 3 is 2.00 bits per heavy atom. The molecule has 6 nitrogen and oxygen atoms in total. The maximum Gasteiger partial charge on any atom is 0.221 e. The zero-order valence-corrected chi connectivity index (χ0v) is 13.8. The number of halogens is 1. The van der Waals surface area contributed by atoms with Crippen molar-refractivity contribution in [2.45, 2.75) is 12.8 Å². The first-order valence-electron chi connectivity index (χ1n) is 6.47. The molecule has 0 bridgehead atoms. The standard InChI is InChI=1S/C9H8N2O.C7H7BrN2O/c1-2-7-3-8(4-9(10)12)6-11-5-7;8-6-1-5(2-7(9)11)3-10-4-6/h1,3,5-6H,4H2,(H2,10,12);1,3-4H,2H2,(H2,9,11). The minimum absolute atomic E-state index is 0.183. The molecule has 0 saturated carbocycles. The van der Waals surface area contributed by atoms with Gasteiger partial charge in [-0.05, 0) is 39.2 Å². The summed E-state index contributed by atoms with van der Waals surface area (Å²) in [4.78, 5) is 28.7. The van der Waals surface area contributed by atoms with Gasteiger partial charge in [0.2, 0.25) is 11.8 Å². The number of hydrogen-bond donors (Lipinski definition) is 2. The average Bonchev–Trinajstić information content (AvgIpc) is 2.47. The van der Waals surface area contributed by atoms with E-state index in [0.717, 1.165) is 15.6 Å². The van der Waals surface area contributed by atoms with Crippen molar-refractivity contribution in [2.24, 2.45) is 11.5 Å². The van der Waals surface area contributed by atoms with Crippen molar-refractivity contribution in [2.75, 3.05) is 0 Å². The van der Waals surface area contributed by atoms with Crippen molar-refractivity contribution in [3.8, 4) is 12.3 Å².